The summed E-state index contributed by atoms with van der Waals surface area (Å²) < 4.78 is 10.7. The molecule has 0 unspecified atom stereocenters. The lowest BCUT2D eigenvalue weighted by Crippen LogP contribution is -2.38. The maximum absolute atomic E-state index is 12.0. The molecule has 2 rings (SSSR count). The molecule has 2 aromatic carbocycles. The minimum Gasteiger partial charge on any atom is -0.489 e. The second-order valence-electron chi connectivity index (χ2n) is 6.47. The van der Waals surface area contributed by atoms with Crippen molar-refractivity contribution in [2.75, 3.05) is 6.61 Å². The summed E-state index contributed by atoms with van der Waals surface area (Å²) in [6, 6.07) is 16.5. The van der Waals surface area contributed by atoms with E-state index >= 15 is 0 Å². The molecule has 0 radical (unpaired) electrons. The zero-order valence-electron chi connectivity index (χ0n) is 15.4. The molecule has 5 heteroatoms. The van der Waals surface area contributed by atoms with Crippen LogP contribution in [0.15, 0.2) is 54.6 Å². The molecule has 26 heavy (non-hydrogen) atoms. The van der Waals surface area contributed by atoms with E-state index < -0.39 is 5.97 Å². The summed E-state index contributed by atoms with van der Waals surface area (Å²) in [6.45, 7) is 6.11. The molecule has 1 amide bonds. The lowest BCUT2D eigenvalue weighted by molar-refractivity contribution is -0.125. The first kappa shape index (κ1) is 19.5. The smallest absolute Gasteiger partial charge is 0.338 e. The first-order valence-corrected chi connectivity index (χ1v) is 8.69. The van der Waals surface area contributed by atoms with Gasteiger partial charge < -0.3 is 14.8 Å². The fraction of sp³-hybridized carbons (Fsp3) is 0.333. The number of amides is 1. The Bertz CT molecular complexity index is 711. The predicted molar refractivity (Wildman–Crippen MR) is 99.9 cm³/mol. The molecule has 0 saturated carbocycles. The summed E-state index contributed by atoms with van der Waals surface area (Å²) in [6.07, 6.45) is 0. The summed E-state index contributed by atoms with van der Waals surface area (Å²) in [5.74, 6) is 0.140. The fourth-order valence-corrected chi connectivity index (χ4v) is 2.10. The third-order valence-electron chi connectivity index (χ3n) is 4.06. The summed E-state index contributed by atoms with van der Waals surface area (Å²) in [5.41, 5.74) is 1.44. The van der Waals surface area contributed by atoms with Crippen LogP contribution in [-0.4, -0.2) is 24.5 Å². The van der Waals surface area contributed by atoms with Gasteiger partial charge in [-0.15, -0.1) is 0 Å². The van der Waals surface area contributed by atoms with Crippen molar-refractivity contribution in [2.24, 2.45) is 5.92 Å². The molecule has 138 valence electrons. The maximum Gasteiger partial charge on any atom is 0.338 e. The van der Waals surface area contributed by atoms with Crippen molar-refractivity contribution in [3.8, 4) is 5.75 Å². The van der Waals surface area contributed by atoms with E-state index in [0.717, 1.165) is 5.56 Å². The van der Waals surface area contributed by atoms with Crippen molar-refractivity contribution < 1.29 is 19.1 Å². The number of carbonyl (C=O) groups is 2. The third-order valence-corrected chi connectivity index (χ3v) is 4.06. The largest absolute Gasteiger partial charge is 0.489 e. The summed E-state index contributed by atoms with van der Waals surface area (Å²) in [4.78, 5) is 23.8. The molecule has 2 aromatic rings. The number of esters is 1. The standard InChI is InChI=1S/C21H25NO4/c1-15(2)16(3)22-20(23)14-26-21(24)18-9-11-19(12-10-18)25-13-17-7-5-4-6-8-17/h4-12,15-16H,13-14H2,1-3H3,(H,22,23)/t16-/m1/s1. The van der Waals surface area contributed by atoms with E-state index in [0.29, 0.717) is 23.8 Å². The second kappa shape index (κ2) is 9.61. The van der Waals surface area contributed by atoms with Gasteiger partial charge in [0.05, 0.1) is 5.56 Å². The third kappa shape index (κ3) is 6.24. The molecular formula is C21H25NO4. The number of rotatable bonds is 8. The zero-order valence-corrected chi connectivity index (χ0v) is 15.4. The van der Waals surface area contributed by atoms with E-state index in [1.807, 2.05) is 51.1 Å². The first-order valence-electron chi connectivity index (χ1n) is 8.69. The summed E-state index contributed by atoms with van der Waals surface area (Å²) >= 11 is 0. The van der Waals surface area contributed by atoms with Crippen LogP contribution in [-0.2, 0) is 16.1 Å². The number of hydrogen-bond acceptors (Lipinski definition) is 4. The van der Waals surface area contributed by atoms with Crippen LogP contribution in [0.5, 0.6) is 5.75 Å². The molecule has 0 fully saturated rings. The van der Waals surface area contributed by atoms with Gasteiger partial charge in [0.1, 0.15) is 12.4 Å². The average Bonchev–Trinajstić information content (AvgIpc) is 2.65. The van der Waals surface area contributed by atoms with Crippen LogP contribution >= 0.6 is 0 Å². The molecule has 0 spiro atoms. The highest BCUT2D eigenvalue weighted by Crippen LogP contribution is 2.15. The van der Waals surface area contributed by atoms with Crippen molar-refractivity contribution in [2.45, 2.75) is 33.4 Å². The fourth-order valence-electron chi connectivity index (χ4n) is 2.10. The van der Waals surface area contributed by atoms with Gasteiger partial charge in [0.2, 0.25) is 0 Å². The Kier molecular flexibility index (Phi) is 7.21. The van der Waals surface area contributed by atoms with Crippen molar-refractivity contribution in [3.05, 3.63) is 65.7 Å². The zero-order chi connectivity index (χ0) is 18.9. The highest BCUT2D eigenvalue weighted by molar-refractivity contribution is 5.91. The molecule has 0 saturated heterocycles. The van der Waals surface area contributed by atoms with Gasteiger partial charge in [-0.3, -0.25) is 4.79 Å². The highest BCUT2D eigenvalue weighted by Gasteiger charge is 2.14. The van der Waals surface area contributed by atoms with Gasteiger partial charge in [-0.2, -0.15) is 0 Å². The Balaban J connectivity index is 1.80. The molecule has 5 nitrogen and oxygen atoms in total. The molecule has 0 aliphatic carbocycles. The molecule has 0 aliphatic rings. The van der Waals surface area contributed by atoms with Crippen LogP contribution in [0.2, 0.25) is 0 Å². The topological polar surface area (TPSA) is 64.6 Å². The Morgan fingerprint density at radius 3 is 2.23 bits per heavy atom. The highest BCUT2D eigenvalue weighted by atomic mass is 16.5. The van der Waals surface area contributed by atoms with Gasteiger partial charge in [0, 0.05) is 6.04 Å². The van der Waals surface area contributed by atoms with Gasteiger partial charge >= 0.3 is 5.97 Å². The second-order valence-corrected chi connectivity index (χ2v) is 6.47. The Morgan fingerprint density at radius 2 is 1.62 bits per heavy atom. The molecule has 0 aliphatic heterocycles. The van der Waals surface area contributed by atoms with Crippen LogP contribution in [0, 0.1) is 5.92 Å². The van der Waals surface area contributed by atoms with Crippen LogP contribution in [0.4, 0.5) is 0 Å². The van der Waals surface area contributed by atoms with Crippen LogP contribution in [0.3, 0.4) is 0 Å². The van der Waals surface area contributed by atoms with E-state index in [1.54, 1.807) is 24.3 Å². The van der Waals surface area contributed by atoms with Gasteiger partial charge in [0.25, 0.3) is 5.91 Å². The molecule has 0 heterocycles. The first-order chi connectivity index (χ1) is 12.5. The van der Waals surface area contributed by atoms with Gasteiger partial charge in [0.15, 0.2) is 6.61 Å². The number of carbonyl (C=O) groups excluding carboxylic acids is 2. The Morgan fingerprint density at radius 1 is 0.962 bits per heavy atom. The average molecular weight is 355 g/mol. The molecule has 1 atom stereocenters. The maximum atomic E-state index is 12.0. The Labute approximate surface area is 154 Å². The van der Waals surface area contributed by atoms with E-state index in [1.165, 1.54) is 0 Å². The molecule has 1 N–H and O–H groups in total. The lowest BCUT2D eigenvalue weighted by Gasteiger charge is -2.17. The van der Waals surface area contributed by atoms with E-state index in [2.05, 4.69) is 5.32 Å². The van der Waals surface area contributed by atoms with E-state index in [4.69, 9.17) is 9.47 Å². The number of ether oxygens (including phenoxy) is 2. The summed E-state index contributed by atoms with van der Waals surface area (Å²) in [7, 11) is 0. The van der Waals surface area contributed by atoms with Gasteiger partial charge in [-0.1, -0.05) is 44.2 Å². The van der Waals surface area contributed by atoms with Crippen molar-refractivity contribution in [3.63, 3.8) is 0 Å². The van der Waals surface area contributed by atoms with Crippen molar-refractivity contribution in [1.29, 1.82) is 0 Å². The molecular weight excluding hydrogens is 330 g/mol. The van der Waals surface area contributed by atoms with Gasteiger partial charge in [-0.25, -0.2) is 4.79 Å². The lowest BCUT2D eigenvalue weighted by atomic mass is 10.1. The van der Waals surface area contributed by atoms with Gasteiger partial charge in [-0.05, 0) is 42.7 Å². The Hall–Kier alpha value is -2.82. The summed E-state index contributed by atoms with van der Waals surface area (Å²) in [5, 5.41) is 2.79. The van der Waals surface area contributed by atoms with Crippen molar-refractivity contribution in [1.82, 2.24) is 5.32 Å². The van der Waals surface area contributed by atoms with E-state index in [-0.39, 0.29) is 18.6 Å². The van der Waals surface area contributed by atoms with Crippen LogP contribution in [0.1, 0.15) is 36.7 Å². The number of benzene rings is 2. The minimum atomic E-state index is -0.535. The van der Waals surface area contributed by atoms with E-state index in [9.17, 15) is 9.59 Å². The monoisotopic (exact) mass is 355 g/mol. The normalized spacial score (nSPS) is 11.7. The molecule has 0 bridgehead atoms. The minimum absolute atomic E-state index is 0.0299. The predicted octanol–water partition coefficient (Wildman–Crippen LogP) is 3.58. The van der Waals surface area contributed by atoms with Crippen LogP contribution in [0.25, 0.3) is 0 Å². The van der Waals surface area contributed by atoms with Crippen LogP contribution < -0.4 is 10.1 Å². The number of hydrogen-bond donors (Lipinski definition) is 1. The molecule has 0 aromatic heterocycles. The quantitative estimate of drug-likeness (QED) is 0.735. The SMILES string of the molecule is CC(C)[C@@H](C)NC(=O)COC(=O)c1ccc(OCc2ccccc2)cc1. The van der Waals surface area contributed by atoms with Crippen molar-refractivity contribution >= 4 is 11.9 Å². The number of nitrogens with one attached hydrogen (secondary N) is 1.